The molecule has 128 valence electrons. The molecule has 0 aromatic heterocycles. The third-order valence-electron chi connectivity index (χ3n) is 3.80. The molecule has 2 N–H and O–H groups in total. The summed E-state index contributed by atoms with van der Waals surface area (Å²) >= 11 is 5.24. The highest BCUT2D eigenvalue weighted by atomic mass is 32.1. The van der Waals surface area contributed by atoms with Gasteiger partial charge in [-0.15, -0.1) is 0 Å². The van der Waals surface area contributed by atoms with Crippen molar-refractivity contribution in [3.05, 3.63) is 54.6 Å². The zero-order chi connectivity index (χ0) is 17.8. The van der Waals surface area contributed by atoms with Gasteiger partial charge in [0.05, 0.1) is 19.2 Å². The fourth-order valence-corrected chi connectivity index (χ4v) is 2.90. The number of nitrogens with zero attached hydrogens (tertiary/aromatic N) is 1. The fraction of sp³-hybridized carbons (Fsp3) is 0.167. The Morgan fingerprint density at radius 1 is 1.20 bits per heavy atom. The van der Waals surface area contributed by atoms with Crippen molar-refractivity contribution in [2.75, 3.05) is 17.3 Å². The van der Waals surface area contributed by atoms with Gasteiger partial charge in [0.2, 0.25) is 5.91 Å². The van der Waals surface area contributed by atoms with E-state index in [1.165, 1.54) is 4.90 Å². The summed E-state index contributed by atoms with van der Waals surface area (Å²) in [4.78, 5) is 26.2. The molecule has 0 spiro atoms. The summed E-state index contributed by atoms with van der Waals surface area (Å²) in [6.07, 6.45) is -0.00562. The largest absolute Gasteiger partial charge is 0.497 e. The molecule has 1 unspecified atom stereocenters. The first-order chi connectivity index (χ1) is 12.1. The van der Waals surface area contributed by atoms with E-state index in [0.29, 0.717) is 22.2 Å². The van der Waals surface area contributed by atoms with E-state index in [1.54, 1.807) is 43.5 Å². The van der Waals surface area contributed by atoms with Crippen molar-refractivity contribution in [1.82, 2.24) is 5.32 Å². The number of amides is 2. The SMILES string of the molecule is COc1ccc(NC(=O)CC2NC(=S)N(c3ccccc3)C2=O)cc1. The van der Waals surface area contributed by atoms with Crippen LogP contribution < -0.4 is 20.3 Å². The van der Waals surface area contributed by atoms with E-state index in [2.05, 4.69) is 10.6 Å². The number of thiocarbonyl (C=S) groups is 1. The Kier molecular flexibility index (Phi) is 4.95. The Labute approximate surface area is 150 Å². The zero-order valence-corrected chi connectivity index (χ0v) is 14.4. The average molecular weight is 355 g/mol. The smallest absolute Gasteiger partial charge is 0.256 e. The van der Waals surface area contributed by atoms with Crippen molar-refractivity contribution in [2.45, 2.75) is 12.5 Å². The van der Waals surface area contributed by atoms with Crippen LogP contribution in [0.5, 0.6) is 5.75 Å². The molecule has 0 bridgehead atoms. The van der Waals surface area contributed by atoms with Crippen LogP contribution in [0.25, 0.3) is 0 Å². The zero-order valence-electron chi connectivity index (χ0n) is 13.6. The maximum absolute atomic E-state index is 12.6. The maximum Gasteiger partial charge on any atom is 0.256 e. The minimum absolute atomic E-state index is 0.00562. The van der Waals surface area contributed by atoms with Crippen LogP contribution in [0.1, 0.15) is 6.42 Å². The molecule has 0 aliphatic carbocycles. The monoisotopic (exact) mass is 355 g/mol. The third kappa shape index (κ3) is 3.77. The molecule has 6 nitrogen and oxygen atoms in total. The lowest BCUT2D eigenvalue weighted by Gasteiger charge is -2.14. The number of nitrogens with one attached hydrogen (secondary N) is 2. The van der Waals surface area contributed by atoms with Crippen LogP contribution in [-0.2, 0) is 9.59 Å². The Morgan fingerprint density at radius 2 is 1.88 bits per heavy atom. The summed E-state index contributed by atoms with van der Waals surface area (Å²) in [5, 5.41) is 5.98. The van der Waals surface area contributed by atoms with E-state index in [1.807, 2.05) is 18.2 Å². The first-order valence-corrected chi connectivity index (χ1v) is 8.13. The second-order valence-electron chi connectivity index (χ2n) is 5.49. The van der Waals surface area contributed by atoms with Gasteiger partial charge in [-0.05, 0) is 48.6 Å². The first-order valence-electron chi connectivity index (χ1n) is 7.72. The second kappa shape index (κ2) is 7.31. The van der Waals surface area contributed by atoms with Crippen molar-refractivity contribution in [3.63, 3.8) is 0 Å². The lowest BCUT2D eigenvalue weighted by molar-refractivity contribution is -0.122. The van der Waals surface area contributed by atoms with E-state index >= 15 is 0 Å². The van der Waals surface area contributed by atoms with E-state index < -0.39 is 6.04 Å². The van der Waals surface area contributed by atoms with Crippen molar-refractivity contribution in [3.8, 4) is 5.75 Å². The van der Waals surface area contributed by atoms with Gasteiger partial charge in [0.25, 0.3) is 5.91 Å². The lowest BCUT2D eigenvalue weighted by Crippen LogP contribution is -2.34. The molecule has 1 aliphatic heterocycles. The minimum Gasteiger partial charge on any atom is -0.497 e. The normalized spacial score (nSPS) is 16.5. The van der Waals surface area contributed by atoms with Gasteiger partial charge in [0, 0.05) is 5.69 Å². The summed E-state index contributed by atoms with van der Waals surface area (Å²) in [7, 11) is 1.58. The molecule has 7 heteroatoms. The predicted molar refractivity (Wildman–Crippen MR) is 99.7 cm³/mol. The molecule has 2 aromatic rings. The van der Waals surface area contributed by atoms with Crippen LogP contribution in [0, 0.1) is 0 Å². The highest BCUT2D eigenvalue weighted by Crippen LogP contribution is 2.21. The predicted octanol–water partition coefficient (Wildman–Crippen LogP) is 2.31. The molecule has 1 aliphatic rings. The quantitative estimate of drug-likeness (QED) is 0.806. The summed E-state index contributed by atoms with van der Waals surface area (Å²) in [6, 6.07) is 15.4. The van der Waals surface area contributed by atoms with Gasteiger partial charge in [0.15, 0.2) is 5.11 Å². The van der Waals surface area contributed by atoms with Crippen LogP contribution in [0.4, 0.5) is 11.4 Å². The lowest BCUT2D eigenvalue weighted by atomic mass is 10.2. The molecule has 25 heavy (non-hydrogen) atoms. The van der Waals surface area contributed by atoms with Gasteiger partial charge in [-0.1, -0.05) is 18.2 Å². The molecule has 1 atom stereocenters. The van der Waals surface area contributed by atoms with Crippen LogP contribution in [0.2, 0.25) is 0 Å². The van der Waals surface area contributed by atoms with Gasteiger partial charge < -0.3 is 15.4 Å². The fourth-order valence-electron chi connectivity index (χ4n) is 2.56. The summed E-state index contributed by atoms with van der Waals surface area (Å²) in [6.45, 7) is 0. The van der Waals surface area contributed by atoms with Crippen LogP contribution in [0.3, 0.4) is 0 Å². The van der Waals surface area contributed by atoms with Gasteiger partial charge in [-0.25, -0.2) is 0 Å². The number of anilines is 2. The number of hydrogen-bond donors (Lipinski definition) is 2. The highest BCUT2D eigenvalue weighted by molar-refractivity contribution is 7.80. The van der Waals surface area contributed by atoms with E-state index in [9.17, 15) is 9.59 Å². The number of ether oxygens (including phenoxy) is 1. The van der Waals surface area contributed by atoms with Gasteiger partial charge in [0.1, 0.15) is 11.8 Å². The van der Waals surface area contributed by atoms with Gasteiger partial charge in [-0.3, -0.25) is 14.5 Å². The van der Waals surface area contributed by atoms with Crippen LogP contribution >= 0.6 is 12.2 Å². The molecule has 3 rings (SSSR count). The number of benzene rings is 2. The van der Waals surface area contributed by atoms with E-state index in [4.69, 9.17) is 17.0 Å². The number of carbonyl (C=O) groups is 2. The summed E-state index contributed by atoms with van der Waals surface area (Å²) in [5.74, 6) is 0.198. The van der Waals surface area contributed by atoms with Gasteiger partial charge >= 0.3 is 0 Å². The number of hydrogen-bond acceptors (Lipinski definition) is 4. The van der Waals surface area contributed by atoms with E-state index in [0.717, 1.165) is 0 Å². The molecule has 0 radical (unpaired) electrons. The molecular weight excluding hydrogens is 338 g/mol. The van der Waals surface area contributed by atoms with Gasteiger partial charge in [-0.2, -0.15) is 0 Å². The molecule has 0 saturated carbocycles. The Balaban J connectivity index is 1.63. The summed E-state index contributed by atoms with van der Waals surface area (Å²) < 4.78 is 5.07. The second-order valence-corrected chi connectivity index (χ2v) is 5.88. The number of methoxy groups -OCH3 is 1. The van der Waals surface area contributed by atoms with Crippen molar-refractivity contribution in [1.29, 1.82) is 0 Å². The molecule has 2 aromatic carbocycles. The van der Waals surface area contributed by atoms with E-state index in [-0.39, 0.29) is 18.2 Å². The molecular formula is C18H17N3O3S. The topological polar surface area (TPSA) is 70.7 Å². The number of para-hydroxylation sites is 1. The Bertz CT molecular complexity index is 793. The third-order valence-corrected chi connectivity index (χ3v) is 4.10. The summed E-state index contributed by atoms with van der Waals surface area (Å²) in [5.41, 5.74) is 1.32. The van der Waals surface area contributed by atoms with Crippen LogP contribution in [-0.4, -0.2) is 30.1 Å². The molecule has 1 saturated heterocycles. The molecule has 1 heterocycles. The van der Waals surface area contributed by atoms with Crippen LogP contribution in [0.15, 0.2) is 54.6 Å². The Morgan fingerprint density at radius 3 is 2.52 bits per heavy atom. The van der Waals surface area contributed by atoms with Crippen molar-refractivity contribution < 1.29 is 14.3 Å². The first kappa shape index (κ1) is 16.9. The molecule has 2 amide bonds. The maximum atomic E-state index is 12.6. The number of rotatable bonds is 5. The average Bonchev–Trinajstić information content (AvgIpc) is 2.89. The van der Waals surface area contributed by atoms with Crippen molar-refractivity contribution in [2.24, 2.45) is 0 Å². The highest BCUT2D eigenvalue weighted by Gasteiger charge is 2.37. The minimum atomic E-state index is -0.675. The number of carbonyl (C=O) groups excluding carboxylic acids is 2. The van der Waals surface area contributed by atoms with Crippen molar-refractivity contribution >= 4 is 40.5 Å². The standard InChI is InChI=1S/C18H17N3O3S/c1-24-14-9-7-12(8-10-14)19-16(22)11-15-17(23)21(18(25)20-15)13-5-3-2-4-6-13/h2-10,15H,11H2,1H3,(H,19,22)(H,20,25). The molecule has 1 fully saturated rings. The Hall–Kier alpha value is -2.93.